The molecule has 1 unspecified atom stereocenters. The Hall–Kier alpha value is -2.95. The van der Waals surface area contributed by atoms with Gasteiger partial charge in [-0.15, -0.1) is 0 Å². The number of benzene rings is 2. The van der Waals surface area contributed by atoms with Crippen molar-refractivity contribution >= 4 is 0 Å². The molecule has 3 rings (SSSR count). The van der Waals surface area contributed by atoms with Gasteiger partial charge in [-0.3, -0.25) is 0 Å². The standard InChI is InChI=1S/C31H41FN2O2/c1-3-5-7-9-10-12-28(32)24-36-30-19-15-26(16-20-30)31-33-22-27(23-34-31)25-13-17-29(18-14-25)35-21-11-8-6-4-2/h13-20,22-23,28H,3-12,21,24H2,1-2H3. The highest BCUT2D eigenvalue weighted by Crippen LogP contribution is 2.24. The van der Waals surface area contributed by atoms with E-state index in [-0.39, 0.29) is 6.61 Å². The van der Waals surface area contributed by atoms with Gasteiger partial charge in [0.2, 0.25) is 0 Å². The number of hydrogen-bond donors (Lipinski definition) is 0. The van der Waals surface area contributed by atoms with Crippen molar-refractivity contribution in [3.63, 3.8) is 0 Å². The average Bonchev–Trinajstić information content (AvgIpc) is 2.92. The highest BCUT2D eigenvalue weighted by Gasteiger charge is 2.09. The molecule has 0 bridgehead atoms. The number of alkyl halides is 1. The predicted molar refractivity (Wildman–Crippen MR) is 146 cm³/mol. The number of aromatic nitrogens is 2. The summed E-state index contributed by atoms with van der Waals surface area (Å²) in [4.78, 5) is 9.08. The summed E-state index contributed by atoms with van der Waals surface area (Å²) in [6, 6.07) is 15.6. The summed E-state index contributed by atoms with van der Waals surface area (Å²) in [6.07, 6.45) is 13.8. The fourth-order valence-electron chi connectivity index (χ4n) is 4.03. The second-order valence-corrected chi connectivity index (χ2v) is 9.36. The molecule has 0 aliphatic rings. The molecule has 0 radical (unpaired) electrons. The molecule has 5 heteroatoms. The van der Waals surface area contributed by atoms with E-state index in [9.17, 15) is 4.39 Å². The SMILES string of the molecule is CCCCCCCC(F)COc1ccc(-c2ncc(-c3ccc(OCCCCCC)cc3)cn2)cc1. The molecule has 0 saturated heterocycles. The second-order valence-electron chi connectivity index (χ2n) is 9.36. The first-order valence-corrected chi connectivity index (χ1v) is 13.6. The molecule has 0 spiro atoms. The molecule has 0 aliphatic carbocycles. The lowest BCUT2D eigenvalue weighted by Gasteiger charge is -2.11. The molecule has 194 valence electrons. The number of ether oxygens (including phenoxy) is 2. The van der Waals surface area contributed by atoms with Gasteiger partial charge in [-0.05, 0) is 54.8 Å². The molecule has 2 aromatic carbocycles. The van der Waals surface area contributed by atoms with Crippen molar-refractivity contribution in [3.8, 4) is 34.0 Å². The second kappa shape index (κ2) is 15.9. The van der Waals surface area contributed by atoms with Crippen LogP contribution in [0.3, 0.4) is 0 Å². The van der Waals surface area contributed by atoms with Crippen LogP contribution in [-0.2, 0) is 0 Å². The van der Waals surface area contributed by atoms with Gasteiger partial charge in [0.05, 0.1) is 6.61 Å². The van der Waals surface area contributed by atoms with Gasteiger partial charge in [-0.1, -0.05) is 77.3 Å². The van der Waals surface area contributed by atoms with Crippen LogP contribution in [0, 0.1) is 0 Å². The molecular formula is C31H41FN2O2. The zero-order valence-corrected chi connectivity index (χ0v) is 21.9. The Labute approximate surface area is 216 Å². The molecule has 36 heavy (non-hydrogen) atoms. The van der Waals surface area contributed by atoms with Crippen molar-refractivity contribution in [2.75, 3.05) is 13.2 Å². The van der Waals surface area contributed by atoms with Gasteiger partial charge in [0, 0.05) is 23.5 Å². The van der Waals surface area contributed by atoms with Crippen LogP contribution in [0.2, 0.25) is 0 Å². The van der Waals surface area contributed by atoms with Gasteiger partial charge in [-0.2, -0.15) is 0 Å². The summed E-state index contributed by atoms with van der Waals surface area (Å²) in [6.45, 7) is 5.25. The van der Waals surface area contributed by atoms with E-state index >= 15 is 0 Å². The van der Waals surface area contributed by atoms with Gasteiger partial charge >= 0.3 is 0 Å². The van der Waals surface area contributed by atoms with Gasteiger partial charge in [0.25, 0.3) is 0 Å². The zero-order chi connectivity index (χ0) is 25.4. The molecule has 1 atom stereocenters. The topological polar surface area (TPSA) is 44.2 Å². The number of unbranched alkanes of at least 4 members (excludes halogenated alkanes) is 7. The number of rotatable bonds is 17. The summed E-state index contributed by atoms with van der Waals surface area (Å²) in [5.74, 6) is 2.20. The molecule has 0 saturated carbocycles. The summed E-state index contributed by atoms with van der Waals surface area (Å²) in [5.41, 5.74) is 2.90. The van der Waals surface area contributed by atoms with Crippen LogP contribution < -0.4 is 9.47 Å². The molecule has 4 nitrogen and oxygen atoms in total. The minimum atomic E-state index is -0.923. The van der Waals surface area contributed by atoms with Crippen LogP contribution in [0.4, 0.5) is 4.39 Å². The third-order valence-corrected chi connectivity index (χ3v) is 6.27. The first-order valence-electron chi connectivity index (χ1n) is 13.6. The lowest BCUT2D eigenvalue weighted by molar-refractivity contribution is 0.184. The zero-order valence-electron chi connectivity index (χ0n) is 21.9. The van der Waals surface area contributed by atoms with E-state index in [0.29, 0.717) is 18.0 Å². The maximum absolute atomic E-state index is 14.1. The molecule has 3 aromatic rings. The highest BCUT2D eigenvalue weighted by atomic mass is 19.1. The fourth-order valence-corrected chi connectivity index (χ4v) is 4.03. The smallest absolute Gasteiger partial charge is 0.159 e. The van der Waals surface area contributed by atoms with E-state index < -0.39 is 6.17 Å². The van der Waals surface area contributed by atoms with Gasteiger partial charge in [-0.25, -0.2) is 14.4 Å². The Morgan fingerprint density at radius 3 is 1.83 bits per heavy atom. The van der Waals surface area contributed by atoms with Crippen LogP contribution in [0.25, 0.3) is 22.5 Å². The molecule has 1 heterocycles. The first kappa shape index (κ1) is 27.6. The minimum absolute atomic E-state index is 0.0982. The third-order valence-electron chi connectivity index (χ3n) is 6.27. The van der Waals surface area contributed by atoms with Crippen molar-refractivity contribution in [1.82, 2.24) is 9.97 Å². The van der Waals surface area contributed by atoms with Gasteiger partial charge in [0.1, 0.15) is 24.3 Å². The number of hydrogen-bond acceptors (Lipinski definition) is 4. The summed E-state index contributed by atoms with van der Waals surface area (Å²) < 4.78 is 25.6. The van der Waals surface area contributed by atoms with E-state index in [1.54, 1.807) is 0 Å². The lowest BCUT2D eigenvalue weighted by atomic mass is 10.1. The van der Waals surface area contributed by atoms with E-state index in [0.717, 1.165) is 48.3 Å². The van der Waals surface area contributed by atoms with Crippen LogP contribution in [0.1, 0.15) is 78.1 Å². The van der Waals surface area contributed by atoms with Crippen molar-refractivity contribution in [2.45, 2.75) is 84.2 Å². The Morgan fingerprint density at radius 1 is 0.639 bits per heavy atom. The normalized spacial score (nSPS) is 11.9. The number of nitrogens with zero attached hydrogens (tertiary/aromatic N) is 2. The molecule has 0 fully saturated rings. The van der Waals surface area contributed by atoms with Gasteiger partial charge < -0.3 is 9.47 Å². The van der Waals surface area contributed by atoms with Crippen LogP contribution in [0.15, 0.2) is 60.9 Å². The molecule has 0 amide bonds. The highest BCUT2D eigenvalue weighted by molar-refractivity contribution is 5.64. The summed E-state index contributed by atoms with van der Waals surface area (Å²) in [5, 5.41) is 0. The maximum Gasteiger partial charge on any atom is 0.159 e. The van der Waals surface area contributed by atoms with Crippen LogP contribution >= 0.6 is 0 Å². The van der Waals surface area contributed by atoms with Crippen molar-refractivity contribution < 1.29 is 13.9 Å². The fraction of sp³-hybridized carbons (Fsp3) is 0.484. The Bertz CT molecular complexity index is 975. The van der Waals surface area contributed by atoms with E-state index in [1.807, 2.05) is 60.9 Å². The van der Waals surface area contributed by atoms with Crippen LogP contribution in [0.5, 0.6) is 11.5 Å². The Morgan fingerprint density at radius 2 is 1.19 bits per heavy atom. The third kappa shape index (κ3) is 9.60. The van der Waals surface area contributed by atoms with Crippen LogP contribution in [-0.4, -0.2) is 29.4 Å². The lowest BCUT2D eigenvalue weighted by Crippen LogP contribution is -2.12. The Balaban J connectivity index is 1.45. The Kier molecular flexibility index (Phi) is 12.2. The predicted octanol–water partition coefficient (Wildman–Crippen LogP) is 8.85. The van der Waals surface area contributed by atoms with Crippen molar-refractivity contribution in [3.05, 3.63) is 60.9 Å². The van der Waals surface area contributed by atoms with Gasteiger partial charge in [0.15, 0.2) is 5.82 Å². The summed E-state index contributed by atoms with van der Waals surface area (Å²) >= 11 is 0. The first-order chi connectivity index (χ1) is 17.7. The van der Waals surface area contributed by atoms with E-state index in [4.69, 9.17) is 9.47 Å². The average molecular weight is 493 g/mol. The molecule has 0 N–H and O–H groups in total. The van der Waals surface area contributed by atoms with E-state index in [2.05, 4.69) is 23.8 Å². The molecular weight excluding hydrogens is 451 g/mol. The monoisotopic (exact) mass is 492 g/mol. The largest absolute Gasteiger partial charge is 0.494 e. The van der Waals surface area contributed by atoms with Crippen molar-refractivity contribution in [2.24, 2.45) is 0 Å². The quantitative estimate of drug-likeness (QED) is 0.177. The number of halogens is 1. The molecule has 0 aliphatic heterocycles. The summed E-state index contributed by atoms with van der Waals surface area (Å²) in [7, 11) is 0. The van der Waals surface area contributed by atoms with E-state index in [1.165, 1.54) is 38.5 Å². The maximum atomic E-state index is 14.1. The minimum Gasteiger partial charge on any atom is -0.494 e. The molecule has 1 aromatic heterocycles. The van der Waals surface area contributed by atoms with Crippen molar-refractivity contribution in [1.29, 1.82) is 0 Å².